The first-order valence-corrected chi connectivity index (χ1v) is 7.64. The molecule has 4 heteroatoms. The van der Waals surface area contributed by atoms with Gasteiger partial charge in [0, 0.05) is 31.8 Å². The van der Waals surface area contributed by atoms with Gasteiger partial charge in [-0.15, -0.1) is 0 Å². The minimum absolute atomic E-state index is 0.152. The van der Waals surface area contributed by atoms with Crippen LogP contribution in [0.1, 0.15) is 25.3 Å². The molecule has 0 amide bonds. The maximum atomic E-state index is 10.7. The SMILES string of the molecule is CC1=CCC2=CCN(Cc3ccc([N+](=O)[O-])cc3)CCC2=C1. The third kappa shape index (κ3) is 3.34. The average molecular weight is 296 g/mol. The van der Waals surface area contributed by atoms with Crippen molar-refractivity contribution in [3.63, 3.8) is 0 Å². The molecular formula is C18H20N2O2. The quantitative estimate of drug-likeness (QED) is 0.625. The summed E-state index contributed by atoms with van der Waals surface area (Å²) in [7, 11) is 0. The van der Waals surface area contributed by atoms with E-state index in [1.54, 1.807) is 12.1 Å². The normalized spacial score (nSPS) is 18.7. The van der Waals surface area contributed by atoms with Crippen LogP contribution in [0.3, 0.4) is 0 Å². The maximum absolute atomic E-state index is 10.7. The van der Waals surface area contributed by atoms with E-state index in [1.807, 2.05) is 12.1 Å². The van der Waals surface area contributed by atoms with Gasteiger partial charge in [0.25, 0.3) is 5.69 Å². The van der Waals surface area contributed by atoms with Gasteiger partial charge in [-0.2, -0.15) is 0 Å². The van der Waals surface area contributed by atoms with Gasteiger partial charge >= 0.3 is 0 Å². The van der Waals surface area contributed by atoms with Gasteiger partial charge in [0.15, 0.2) is 0 Å². The second-order valence-corrected chi connectivity index (χ2v) is 5.96. The number of nitrogens with zero attached hydrogens (tertiary/aromatic N) is 2. The summed E-state index contributed by atoms with van der Waals surface area (Å²) in [4.78, 5) is 12.7. The molecule has 0 radical (unpaired) electrons. The van der Waals surface area contributed by atoms with E-state index in [0.717, 1.165) is 38.0 Å². The van der Waals surface area contributed by atoms with E-state index in [0.29, 0.717) is 0 Å². The van der Waals surface area contributed by atoms with Gasteiger partial charge in [-0.05, 0) is 36.5 Å². The molecule has 4 nitrogen and oxygen atoms in total. The van der Waals surface area contributed by atoms with E-state index >= 15 is 0 Å². The van der Waals surface area contributed by atoms with E-state index < -0.39 is 0 Å². The number of allylic oxidation sites excluding steroid dienone is 4. The van der Waals surface area contributed by atoms with Crippen LogP contribution in [-0.2, 0) is 6.54 Å². The highest BCUT2D eigenvalue weighted by atomic mass is 16.6. The van der Waals surface area contributed by atoms with Gasteiger partial charge in [-0.25, -0.2) is 0 Å². The van der Waals surface area contributed by atoms with Crippen molar-refractivity contribution >= 4 is 5.69 Å². The smallest absolute Gasteiger partial charge is 0.269 e. The van der Waals surface area contributed by atoms with Gasteiger partial charge in [-0.3, -0.25) is 15.0 Å². The molecule has 0 saturated heterocycles. The fourth-order valence-electron chi connectivity index (χ4n) is 3.01. The van der Waals surface area contributed by atoms with E-state index in [1.165, 1.54) is 16.7 Å². The van der Waals surface area contributed by atoms with Crippen LogP contribution in [0.5, 0.6) is 0 Å². The summed E-state index contributed by atoms with van der Waals surface area (Å²) < 4.78 is 0. The van der Waals surface area contributed by atoms with Crippen molar-refractivity contribution in [2.75, 3.05) is 13.1 Å². The first-order chi connectivity index (χ1) is 10.6. The molecule has 1 aromatic carbocycles. The van der Waals surface area contributed by atoms with E-state index in [-0.39, 0.29) is 10.6 Å². The van der Waals surface area contributed by atoms with Crippen molar-refractivity contribution in [2.24, 2.45) is 0 Å². The Kier molecular flexibility index (Phi) is 4.20. The zero-order chi connectivity index (χ0) is 15.5. The van der Waals surface area contributed by atoms with E-state index in [4.69, 9.17) is 0 Å². The van der Waals surface area contributed by atoms with Crippen LogP contribution >= 0.6 is 0 Å². The maximum Gasteiger partial charge on any atom is 0.269 e. The molecule has 3 rings (SSSR count). The predicted octanol–water partition coefficient (Wildman–Crippen LogP) is 4.00. The monoisotopic (exact) mass is 296 g/mol. The lowest BCUT2D eigenvalue weighted by Crippen LogP contribution is -2.23. The fraction of sp³-hybridized carbons (Fsp3) is 0.333. The Morgan fingerprint density at radius 2 is 1.95 bits per heavy atom. The Balaban J connectivity index is 1.66. The molecule has 1 aromatic rings. The van der Waals surface area contributed by atoms with Gasteiger partial charge < -0.3 is 0 Å². The molecule has 0 atom stereocenters. The molecule has 0 unspecified atom stereocenters. The third-order valence-electron chi connectivity index (χ3n) is 4.30. The Morgan fingerprint density at radius 1 is 1.18 bits per heavy atom. The minimum Gasteiger partial charge on any atom is -0.295 e. The van der Waals surface area contributed by atoms with Crippen LogP contribution in [-0.4, -0.2) is 22.9 Å². The summed E-state index contributed by atoms with van der Waals surface area (Å²) >= 11 is 0. The molecule has 0 N–H and O–H groups in total. The number of nitro benzene ring substituents is 1. The van der Waals surface area contributed by atoms with E-state index in [9.17, 15) is 10.1 Å². The molecule has 114 valence electrons. The molecule has 0 fully saturated rings. The van der Waals surface area contributed by atoms with Gasteiger partial charge in [0.05, 0.1) is 4.92 Å². The topological polar surface area (TPSA) is 46.4 Å². The van der Waals surface area contributed by atoms with Crippen LogP contribution in [0, 0.1) is 10.1 Å². The van der Waals surface area contributed by atoms with E-state index in [2.05, 4.69) is 30.1 Å². The third-order valence-corrected chi connectivity index (χ3v) is 4.30. The summed E-state index contributed by atoms with van der Waals surface area (Å²) in [5.74, 6) is 0. The highest BCUT2D eigenvalue weighted by Crippen LogP contribution is 2.28. The van der Waals surface area contributed by atoms with Crippen LogP contribution in [0.2, 0.25) is 0 Å². The standard InChI is InChI=1S/C18H20N2O2/c1-14-2-5-16-8-10-19(11-9-17(16)12-14)13-15-3-6-18(7-4-15)20(21)22/h2-4,6-8,12H,5,9-11,13H2,1H3. The molecule has 1 aliphatic carbocycles. The molecule has 0 saturated carbocycles. The number of non-ortho nitro benzene ring substituents is 1. The van der Waals surface area contributed by atoms with Crippen molar-refractivity contribution < 1.29 is 4.92 Å². The molecule has 0 aromatic heterocycles. The van der Waals surface area contributed by atoms with Gasteiger partial charge in [0.1, 0.15) is 0 Å². The predicted molar refractivity (Wildman–Crippen MR) is 87.5 cm³/mol. The van der Waals surface area contributed by atoms with Crippen molar-refractivity contribution in [3.05, 3.63) is 74.9 Å². The first-order valence-electron chi connectivity index (χ1n) is 7.64. The lowest BCUT2D eigenvalue weighted by molar-refractivity contribution is -0.384. The fourth-order valence-corrected chi connectivity index (χ4v) is 3.01. The van der Waals surface area contributed by atoms with Gasteiger partial charge in [-0.1, -0.05) is 35.9 Å². The number of hydrogen-bond acceptors (Lipinski definition) is 3. The van der Waals surface area contributed by atoms with Crippen LogP contribution < -0.4 is 0 Å². The van der Waals surface area contributed by atoms with Crippen molar-refractivity contribution in [1.29, 1.82) is 0 Å². The average Bonchev–Trinajstić information content (AvgIpc) is 2.70. The van der Waals surface area contributed by atoms with Crippen LogP contribution in [0.15, 0.2) is 59.2 Å². The van der Waals surface area contributed by atoms with Crippen molar-refractivity contribution in [3.8, 4) is 0 Å². The van der Waals surface area contributed by atoms with Gasteiger partial charge in [0.2, 0.25) is 0 Å². The number of nitro groups is 1. The summed E-state index contributed by atoms with van der Waals surface area (Å²) in [5.41, 5.74) is 5.55. The summed E-state index contributed by atoms with van der Waals surface area (Å²) in [6.45, 7) is 4.96. The highest BCUT2D eigenvalue weighted by molar-refractivity contribution is 5.43. The second-order valence-electron chi connectivity index (χ2n) is 5.96. The summed E-state index contributed by atoms with van der Waals surface area (Å²) in [5, 5.41) is 10.7. The molecule has 0 bridgehead atoms. The summed E-state index contributed by atoms with van der Waals surface area (Å²) in [6, 6.07) is 6.88. The van der Waals surface area contributed by atoms with Crippen molar-refractivity contribution in [1.82, 2.24) is 4.90 Å². The largest absolute Gasteiger partial charge is 0.295 e. The summed E-state index contributed by atoms with van der Waals surface area (Å²) in [6.07, 6.45) is 9.02. The Labute approximate surface area is 130 Å². The lowest BCUT2D eigenvalue weighted by atomic mass is 9.93. The molecule has 0 spiro atoms. The number of rotatable bonds is 3. The van der Waals surface area contributed by atoms with Crippen molar-refractivity contribution in [2.45, 2.75) is 26.3 Å². The number of hydrogen-bond donors (Lipinski definition) is 0. The molecule has 1 heterocycles. The molecule has 1 aliphatic heterocycles. The number of fused-ring (bicyclic) bond motifs is 1. The number of benzene rings is 1. The first kappa shape index (κ1) is 14.7. The molecule has 2 aliphatic rings. The second kappa shape index (κ2) is 6.28. The Hall–Kier alpha value is -2.20. The zero-order valence-corrected chi connectivity index (χ0v) is 12.8. The molecule has 22 heavy (non-hydrogen) atoms. The Bertz CT molecular complexity index is 669. The zero-order valence-electron chi connectivity index (χ0n) is 12.8. The lowest BCUT2D eigenvalue weighted by Gasteiger charge is -2.19. The van der Waals surface area contributed by atoms with Crippen LogP contribution in [0.4, 0.5) is 5.69 Å². The Morgan fingerprint density at radius 3 is 2.68 bits per heavy atom. The van der Waals surface area contributed by atoms with Crippen LogP contribution in [0.25, 0.3) is 0 Å². The molecular weight excluding hydrogens is 276 g/mol. The highest BCUT2D eigenvalue weighted by Gasteiger charge is 2.16. The minimum atomic E-state index is -0.355.